The molecule has 29 heavy (non-hydrogen) atoms. The van der Waals surface area contributed by atoms with E-state index < -0.39 is 4.92 Å². The number of quaternary nitrogens is 1. The molecule has 0 aliphatic heterocycles. The molecule has 2 rings (SSSR count). The van der Waals surface area contributed by atoms with Crippen LogP contribution < -0.4 is 20.3 Å². The van der Waals surface area contributed by atoms with Crippen LogP contribution in [0.3, 0.4) is 0 Å². The van der Waals surface area contributed by atoms with Crippen LogP contribution >= 0.6 is 0 Å². The zero-order chi connectivity index (χ0) is 21.6. The molecule has 9 heteroatoms. The SMILES string of the molecule is COc1cc([N+](=O)[O-])ccc1NC(=O)C[NH+](C)CC(=O)Nc1cccc(C)c1C. The molecule has 0 saturated carbocycles. The fraction of sp³-hybridized carbons (Fsp3) is 0.300. The number of hydrogen-bond acceptors (Lipinski definition) is 5. The van der Waals surface area contributed by atoms with Gasteiger partial charge in [0.2, 0.25) is 0 Å². The second kappa shape index (κ2) is 9.65. The number of ether oxygens (including phenoxy) is 1. The molecule has 0 aliphatic carbocycles. The molecule has 0 radical (unpaired) electrons. The van der Waals surface area contributed by atoms with Crippen LogP contribution in [0.25, 0.3) is 0 Å². The Bertz CT molecular complexity index is 929. The van der Waals surface area contributed by atoms with Crippen LogP contribution in [0.15, 0.2) is 36.4 Å². The van der Waals surface area contributed by atoms with Crippen molar-refractivity contribution < 1.29 is 24.1 Å². The number of aryl methyl sites for hydroxylation is 1. The van der Waals surface area contributed by atoms with Crippen molar-refractivity contribution in [1.82, 2.24) is 0 Å². The maximum Gasteiger partial charge on any atom is 0.279 e. The average Bonchev–Trinajstić information content (AvgIpc) is 2.65. The van der Waals surface area contributed by atoms with Crippen LogP contribution in [0.1, 0.15) is 11.1 Å². The topological polar surface area (TPSA) is 115 Å². The molecule has 1 atom stereocenters. The summed E-state index contributed by atoms with van der Waals surface area (Å²) >= 11 is 0. The number of methoxy groups -OCH3 is 1. The minimum absolute atomic E-state index is 0.0420. The summed E-state index contributed by atoms with van der Waals surface area (Å²) in [7, 11) is 3.10. The van der Waals surface area contributed by atoms with Gasteiger partial charge in [0.1, 0.15) is 5.75 Å². The number of likely N-dealkylation sites (N-methyl/N-ethyl adjacent to an activating group) is 1. The summed E-state index contributed by atoms with van der Waals surface area (Å²) in [5.41, 5.74) is 3.03. The fourth-order valence-corrected chi connectivity index (χ4v) is 2.78. The summed E-state index contributed by atoms with van der Waals surface area (Å²) in [5, 5.41) is 16.4. The number of carbonyl (C=O) groups excluding carboxylic acids is 2. The molecule has 0 saturated heterocycles. The predicted octanol–water partition coefficient (Wildman–Crippen LogP) is 1.31. The van der Waals surface area contributed by atoms with Crippen molar-refractivity contribution in [2.75, 3.05) is 37.9 Å². The van der Waals surface area contributed by atoms with E-state index in [0.29, 0.717) is 10.6 Å². The van der Waals surface area contributed by atoms with Crippen LogP contribution in [0.5, 0.6) is 5.75 Å². The van der Waals surface area contributed by atoms with E-state index in [-0.39, 0.29) is 36.3 Å². The number of carbonyl (C=O) groups is 2. The van der Waals surface area contributed by atoms with Crippen molar-refractivity contribution in [3.8, 4) is 5.75 Å². The first-order valence-electron chi connectivity index (χ1n) is 9.01. The Hall–Kier alpha value is -3.46. The number of amides is 2. The third-order valence-electron chi connectivity index (χ3n) is 4.47. The lowest BCUT2D eigenvalue weighted by Crippen LogP contribution is -3.11. The van der Waals surface area contributed by atoms with E-state index in [4.69, 9.17) is 4.74 Å². The molecule has 0 aromatic heterocycles. The van der Waals surface area contributed by atoms with E-state index in [1.807, 2.05) is 32.0 Å². The van der Waals surface area contributed by atoms with Crippen molar-refractivity contribution in [1.29, 1.82) is 0 Å². The molecule has 3 N–H and O–H groups in total. The van der Waals surface area contributed by atoms with E-state index in [0.717, 1.165) is 16.8 Å². The monoisotopic (exact) mass is 401 g/mol. The van der Waals surface area contributed by atoms with E-state index >= 15 is 0 Å². The van der Waals surface area contributed by atoms with Gasteiger partial charge in [0.05, 0.1) is 30.8 Å². The molecule has 1 unspecified atom stereocenters. The quantitative estimate of drug-likeness (QED) is 0.456. The zero-order valence-corrected chi connectivity index (χ0v) is 16.9. The number of nitro benzene ring substituents is 1. The van der Waals surface area contributed by atoms with Crippen LogP contribution in [0.2, 0.25) is 0 Å². The Morgan fingerprint density at radius 3 is 2.28 bits per heavy atom. The molecule has 154 valence electrons. The molecule has 2 aromatic carbocycles. The smallest absolute Gasteiger partial charge is 0.279 e. The number of hydrogen-bond donors (Lipinski definition) is 3. The Labute approximate surface area is 168 Å². The third kappa shape index (κ3) is 6.01. The Morgan fingerprint density at radius 1 is 1.07 bits per heavy atom. The van der Waals surface area contributed by atoms with Crippen molar-refractivity contribution >= 4 is 28.9 Å². The Kier molecular flexibility index (Phi) is 7.27. The van der Waals surface area contributed by atoms with Gasteiger partial charge in [-0.3, -0.25) is 19.7 Å². The molecule has 0 fully saturated rings. The van der Waals surface area contributed by atoms with Gasteiger partial charge in [-0.05, 0) is 37.1 Å². The number of benzene rings is 2. The third-order valence-corrected chi connectivity index (χ3v) is 4.47. The summed E-state index contributed by atoms with van der Waals surface area (Å²) in [6.07, 6.45) is 0. The van der Waals surface area contributed by atoms with Gasteiger partial charge < -0.3 is 20.3 Å². The molecular formula is C20H25N4O5+. The normalized spacial score (nSPS) is 11.4. The highest BCUT2D eigenvalue weighted by Gasteiger charge is 2.18. The van der Waals surface area contributed by atoms with Crippen LogP contribution in [-0.4, -0.2) is 44.0 Å². The molecule has 2 aromatic rings. The van der Waals surface area contributed by atoms with Gasteiger partial charge in [-0.1, -0.05) is 12.1 Å². The lowest BCUT2D eigenvalue weighted by Gasteiger charge is -2.15. The van der Waals surface area contributed by atoms with Crippen molar-refractivity contribution in [2.45, 2.75) is 13.8 Å². The Morgan fingerprint density at radius 2 is 1.69 bits per heavy atom. The van der Waals surface area contributed by atoms with Crippen LogP contribution in [-0.2, 0) is 9.59 Å². The fourth-order valence-electron chi connectivity index (χ4n) is 2.78. The van der Waals surface area contributed by atoms with Crippen LogP contribution in [0.4, 0.5) is 17.1 Å². The second-order valence-corrected chi connectivity index (χ2v) is 6.80. The summed E-state index contributed by atoms with van der Waals surface area (Å²) < 4.78 is 5.10. The minimum Gasteiger partial charge on any atom is -0.494 e. The van der Waals surface area contributed by atoms with E-state index in [9.17, 15) is 19.7 Å². The summed E-state index contributed by atoms with van der Waals surface area (Å²) in [5.74, 6) is -0.344. The molecule has 0 aliphatic rings. The minimum atomic E-state index is -0.541. The number of rotatable bonds is 8. The van der Waals surface area contributed by atoms with Gasteiger partial charge in [-0.25, -0.2) is 0 Å². The maximum absolute atomic E-state index is 12.3. The van der Waals surface area contributed by atoms with Gasteiger partial charge in [0, 0.05) is 11.8 Å². The van der Waals surface area contributed by atoms with Gasteiger partial charge in [0.15, 0.2) is 13.1 Å². The van der Waals surface area contributed by atoms with E-state index in [1.165, 1.54) is 25.3 Å². The first kappa shape index (κ1) is 21.8. The predicted molar refractivity (Wildman–Crippen MR) is 109 cm³/mol. The lowest BCUT2D eigenvalue weighted by atomic mass is 10.1. The molecular weight excluding hydrogens is 376 g/mol. The van der Waals surface area contributed by atoms with Crippen molar-refractivity contribution in [2.24, 2.45) is 0 Å². The molecule has 0 bridgehead atoms. The number of non-ortho nitro benzene ring substituents is 1. The molecule has 0 spiro atoms. The Balaban J connectivity index is 1.92. The molecule has 9 nitrogen and oxygen atoms in total. The summed E-state index contributed by atoms with van der Waals surface area (Å²) in [6, 6.07) is 9.62. The van der Waals surface area contributed by atoms with Gasteiger partial charge in [0.25, 0.3) is 17.5 Å². The first-order valence-corrected chi connectivity index (χ1v) is 9.01. The largest absolute Gasteiger partial charge is 0.494 e. The highest BCUT2D eigenvalue weighted by Crippen LogP contribution is 2.28. The number of nitrogens with one attached hydrogen (secondary N) is 3. The zero-order valence-electron chi connectivity index (χ0n) is 16.9. The molecule has 2 amide bonds. The summed E-state index contributed by atoms with van der Waals surface area (Å²) in [4.78, 5) is 35.6. The maximum atomic E-state index is 12.3. The van der Waals surface area contributed by atoms with Gasteiger partial charge in [-0.15, -0.1) is 0 Å². The van der Waals surface area contributed by atoms with Crippen molar-refractivity contribution in [3.63, 3.8) is 0 Å². The van der Waals surface area contributed by atoms with Gasteiger partial charge in [-0.2, -0.15) is 0 Å². The highest BCUT2D eigenvalue weighted by atomic mass is 16.6. The highest BCUT2D eigenvalue weighted by molar-refractivity contribution is 5.94. The van der Waals surface area contributed by atoms with Crippen LogP contribution in [0, 0.1) is 24.0 Å². The number of nitrogens with zero attached hydrogens (tertiary/aromatic N) is 1. The number of nitro groups is 1. The first-order chi connectivity index (χ1) is 13.7. The standard InChI is InChI=1S/C20H24N4O5/c1-13-6-5-7-16(14(13)2)21-19(25)11-23(3)12-20(26)22-17-9-8-15(24(27)28)10-18(17)29-4/h5-10H,11-12H2,1-4H3,(H,21,25)(H,22,26)/p+1. The average molecular weight is 401 g/mol. The number of anilines is 2. The van der Waals surface area contributed by atoms with E-state index in [2.05, 4.69) is 10.6 Å². The summed E-state index contributed by atoms with van der Waals surface area (Å²) in [6.45, 7) is 4.06. The van der Waals surface area contributed by atoms with Gasteiger partial charge >= 0.3 is 0 Å². The van der Waals surface area contributed by atoms with Crippen molar-refractivity contribution in [3.05, 3.63) is 57.6 Å². The second-order valence-electron chi connectivity index (χ2n) is 6.80. The molecule has 0 heterocycles. The lowest BCUT2D eigenvalue weighted by molar-refractivity contribution is -0.862. The van der Waals surface area contributed by atoms with E-state index in [1.54, 1.807) is 7.05 Å².